The van der Waals surface area contributed by atoms with Crippen LogP contribution in [0, 0.1) is 0 Å². The van der Waals surface area contributed by atoms with Crippen molar-refractivity contribution in [2.45, 2.75) is 0 Å². The Hall–Kier alpha value is -1.39. The highest BCUT2D eigenvalue weighted by molar-refractivity contribution is 9.10. The molecular weight excluding hydrogens is 302 g/mol. The van der Waals surface area contributed by atoms with E-state index < -0.39 is 0 Å². The van der Waals surface area contributed by atoms with Crippen LogP contribution in [0.5, 0.6) is 0 Å². The molecule has 0 aliphatic carbocycles. The first kappa shape index (κ1) is 10.7. The monoisotopic (exact) mass is 307 g/mol. The number of hydrogen-bond acceptors (Lipinski definition) is 2. The first-order valence-corrected chi connectivity index (χ1v) is 6.17. The van der Waals surface area contributed by atoms with Crippen molar-refractivity contribution in [3.63, 3.8) is 0 Å². The molecule has 2 heterocycles. The molecule has 3 nitrogen and oxygen atoms in total. The zero-order valence-electron chi connectivity index (χ0n) is 8.64. The summed E-state index contributed by atoms with van der Waals surface area (Å²) in [4.78, 5) is 4.20. The van der Waals surface area contributed by atoms with E-state index in [1.54, 1.807) is 10.7 Å². The number of nitrogens with zero attached hydrogens (tertiary/aromatic N) is 3. The van der Waals surface area contributed by atoms with Gasteiger partial charge in [0.15, 0.2) is 5.65 Å². The summed E-state index contributed by atoms with van der Waals surface area (Å²) in [5.74, 6) is 0. The van der Waals surface area contributed by atoms with Gasteiger partial charge in [-0.05, 0) is 40.2 Å². The Morgan fingerprint density at radius 2 is 2.06 bits per heavy atom. The molecule has 0 fully saturated rings. The van der Waals surface area contributed by atoms with Gasteiger partial charge in [0.05, 0.1) is 11.9 Å². The Labute approximate surface area is 111 Å². The van der Waals surface area contributed by atoms with Crippen molar-refractivity contribution in [2.24, 2.45) is 0 Å². The van der Waals surface area contributed by atoms with Crippen LogP contribution in [0.4, 0.5) is 0 Å². The number of halogens is 2. The van der Waals surface area contributed by atoms with Crippen LogP contribution in [0.3, 0.4) is 0 Å². The number of rotatable bonds is 1. The Bertz CT molecular complexity index is 693. The maximum absolute atomic E-state index is 5.97. The van der Waals surface area contributed by atoms with E-state index in [1.165, 1.54) is 0 Å². The quantitative estimate of drug-likeness (QED) is 0.684. The van der Waals surface area contributed by atoms with E-state index in [9.17, 15) is 0 Å². The van der Waals surface area contributed by atoms with Crippen LogP contribution in [0.1, 0.15) is 0 Å². The smallest absolute Gasteiger partial charge is 0.154 e. The SMILES string of the molecule is Clc1cccc(-c2ccc3ncc(Br)n3n2)c1. The van der Waals surface area contributed by atoms with Gasteiger partial charge in [0, 0.05) is 10.6 Å². The highest BCUT2D eigenvalue weighted by Gasteiger charge is 2.05. The molecule has 0 spiro atoms. The van der Waals surface area contributed by atoms with Crippen molar-refractivity contribution in [3.05, 3.63) is 52.2 Å². The fraction of sp³-hybridized carbons (Fsp3) is 0. The van der Waals surface area contributed by atoms with Gasteiger partial charge in [-0.15, -0.1) is 0 Å². The minimum atomic E-state index is 0.703. The third-order valence-corrected chi connectivity index (χ3v) is 3.22. The number of benzene rings is 1. The van der Waals surface area contributed by atoms with Gasteiger partial charge in [-0.1, -0.05) is 23.7 Å². The second-order valence-electron chi connectivity index (χ2n) is 3.58. The van der Waals surface area contributed by atoms with Crippen LogP contribution in [-0.4, -0.2) is 14.6 Å². The molecule has 0 amide bonds. The van der Waals surface area contributed by atoms with Crippen molar-refractivity contribution >= 4 is 33.2 Å². The van der Waals surface area contributed by atoms with Gasteiger partial charge in [0.25, 0.3) is 0 Å². The molecule has 0 saturated heterocycles. The van der Waals surface area contributed by atoms with Gasteiger partial charge < -0.3 is 0 Å². The highest BCUT2D eigenvalue weighted by atomic mass is 79.9. The normalized spacial score (nSPS) is 10.9. The van der Waals surface area contributed by atoms with Crippen LogP contribution < -0.4 is 0 Å². The molecule has 0 atom stereocenters. The number of aromatic nitrogens is 3. The fourth-order valence-electron chi connectivity index (χ4n) is 1.65. The molecule has 3 aromatic rings. The van der Waals surface area contributed by atoms with Gasteiger partial charge in [-0.25, -0.2) is 9.50 Å². The van der Waals surface area contributed by atoms with Gasteiger partial charge in [0.2, 0.25) is 0 Å². The molecular formula is C12H7BrClN3. The van der Waals surface area contributed by atoms with E-state index >= 15 is 0 Å². The summed E-state index contributed by atoms with van der Waals surface area (Å²) in [5.41, 5.74) is 2.65. The largest absolute Gasteiger partial charge is 0.234 e. The van der Waals surface area contributed by atoms with Crippen molar-refractivity contribution in [3.8, 4) is 11.3 Å². The summed E-state index contributed by atoms with van der Waals surface area (Å²) >= 11 is 9.37. The molecule has 17 heavy (non-hydrogen) atoms. The lowest BCUT2D eigenvalue weighted by Crippen LogP contribution is -1.94. The Kier molecular flexibility index (Phi) is 2.61. The fourth-order valence-corrected chi connectivity index (χ4v) is 2.20. The Morgan fingerprint density at radius 1 is 1.18 bits per heavy atom. The second-order valence-corrected chi connectivity index (χ2v) is 4.83. The van der Waals surface area contributed by atoms with Crippen molar-refractivity contribution in [2.75, 3.05) is 0 Å². The van der Waals surface area contributed by atoms with Crippen LogP contribution in [0.25, 0.3) is 16.9 Å². The summed E-state index contributed by atoms with van der Waals surface area (Å²) in [7, 11) is 0. The third-order valence-electron chi connectivity index (χ3n) is 2.44. The zero-order chi connectivity index (χ0) is 11.8. The molecule has 0 bridgehead atoms. The number of hydrogen-bond donors (Lipinski definition) is 0. The highest BCUT2D eigenvalue weighted by Crippen LogP contribution is 2.22. The Balaban J connectivity index is 2.20. The first-order valence-electron chi connectivity index (χ1n) is 5.00. The molecule has 5 heteroatoms. The van der Waals surface area contributed by atoms with E-state index in [0.717, 1.165) is 21.5 Å². The van der Waals surface area contributed by atoms with Crippen molar-refractivity contribution in [1.29, 1.82) is 0 Å². The lowest BCUT2D eigenvalue weighted by Gasteiger charge is -2.02. The average molecular weight is 309 g/mol. The lowest BCUT2D eigenvalue weighted by atomic mass is 10.1. The van der Waals surface area contributed by atoms with Gasteiger partial charge in [-0.2, -0.15) is 5.10 Å². The summed E-state index contributed by atoms with van der Waals surface area (Å²) in [6.07, 6.45) is 1.73. The molecule has 0 N–H and O–H groups in total. The Morgan fingerprint density at radius 3 is 2.88 bits per heavy atom. The van der Waals surface area contributed by atoms with Gasteiger partial charge in [-0.3, -0.25) is 0 Å². The van der Waals surface area contributed by atoms with Gasteiger partial charge in [0.1, 0.15) is 4.60 Å². The maximum Gasteiger partial charge on any atom is 0.154 e. The average Bonchev–Trinajstić information content (AvgIpc) is 2.71. The summed E-state index contributed by atoms with van der Waals surface area (Å²) in [6, 6.07) is 11.5. The predicted molar refractivity (Wildman–Crippen MR) is 71.1 cm³/mol. The van der Waals surface area contributed by atoms with Crippen LogP contribution in [-0.2, 0) is 0 Å². The van der Waals surface area contributed by atoms with E-state index in [1.807, 2.05) is 36.4 Å². The number of fused-ring (bicyclic) bond motifs is 1. The summed E-state index contributed by atoms with van der Waals surface area (Å²) < 4.78 is 2.58. The predicted octanol–water partition coefficient (Wildman–Crippen LogP) is 3.81. The van der Waals surface area contributed by atoms with E-state index in [4.69, 9.17) is 11.6 Å². The lowest BCUT2D eigenvalue weighted by molar-refractivity contribution is 0.922. The van der Waals surface area contributed by atoms with Crippen LogP contribution >= 0.6 is 27.5 Å². The van der Waals surface area contributed by atoms with Crippen LogP contribution in [0.2, 0.25) is 5.02 Å². The van der Waals surface area contributed by atoms with E-state index in [-0.39, 0.29) is 0 Å². The maximum atomic E-state index is 5.97. The summed E-state index contributed by atoms with van der Waals surface area (Å²) in [5, 5.41) is 5.20. The second kappa shape index (κ2) is 4.13. The minimum Gasteiger partial charge on any atom is -0.234 e. The molecule has 0 saturated carbocycles. The topological polar surface area (TPSA) is 30.2 Å². The van der Waals surface area contributed by atoms with Crippen molar-refractivity contribution < 1.29 is 0 Å². The molecule has 0 radical (unpaired) electrons. The van der Waals surface area contributed by atoms with Gasteiger partial charge >= 0.3 is 0 Å². The molecule has 0 aliphatic rings. The number of imidazole rings is 1. The van der Waals surface area contributed by atoms with E-state index in [2.05, 4.69) is 26.0 Å². The summed E-state index contributed by atoms with van der Waals surface area (Å²) in [6.45, 7) is 0. The first-order chi connectivity index (χ1) is 8.24. The minimum absolute atomic E-state index is 0.703. The third kappa shape index (κ3) is 1.94. The molecule has 1 aromatic carbocycles. The zero-order valence-corrected chi connectivity index (χ0v) is 11.0. The molecule has 3 rings (SSSR count). The molecule has 2 aromatic heterocycles. The van der Waals surface area contributed by atoms with E-state index in [0.29, 0.717) is 5.02 Å². The molecule has 0 aliphatic heterocycles. The molecule has 84 valence electrons. The van der Waals surface area contributed by atoms with Crippen molar-refractivity contribution in [1.82, 2.24) is 14.6 Å². The molecule has 0 unspecified atom stereocenters. The van der Waals surface area contributed by atoms with Crippen LogP contribution in [0.15, 0.2) is 47.2 Å². The standard InChI is InChI=1S/C12H7BrClN3/c13-11-7-15-12-5-4-10(16-17(11)12)8-2-1-3-9(14)6-8/h1-7H.